The lowest BCUT2D eigenvalue weighted by Gasteiger charge is -2.35. The molecule has 2 rings (SSSR count). The van der Waals surface area contributed by atoms with Gasteiger partial charge in [-0.1, -0.05) is 6.92 Å². The number of hydrogen-bond acceptors (Lipinski definition) is 4. The van der Waals surface area contributed by atoms with Crippen molar-refractivity contribution < 1.29 is 14.2 Å². The van der Waals surface area contributed by atoms with E-state index in [9.17, 15) is 9.50 Å². The molecule has 0 amide bonds. The SMILES string of the molecule is CC[C@H](c1cc(F)cc(OC)c1O)N1CCNCC1.Cl.Cl. The Bertz CT molecular complexity index is 443. The lowest BCUT2D eigenvalue weighted by atomic mass is 10.00. The number of phenolic OH excluding ortho intramolecular Hbond substituents is 1. The van der Waals surface area contributed by atoms with E-state index in [-0.39, 0.29) is 48.2 Å². The van der Waals surface area contributed by atoms with Gasteiger partial charge in [0.1, 0.15) is 5.82 Å². The van der Waals surface area contributed by atoms with Crippen LogP contribution >= 0.6 is 24.8 Å². The smallest absolute Gasteiger partial charge is 0.163 e. The second kappa shape index (κ2) is 9.30. The Hall–Kier alpha value is -0.750. The summed E-state index contributed by atoms with van der Waals surface area (Å²) in [6.45, 7) is 5.69. The van der Waals surface area contributed by atoms with E-state index in [1.807, 2.05) is 6.92 Å². The Kier molecular flexibility index (Phi) is 8.97. The van der Waals surface area contributed by atoms with Crippen molar-refractivity contribution in [1.29, 1.82) is 0 Å². The molecule has 0 bridgehead atoms. The van der Waals surface area contributed by atoms with Gasteiger partial charge in [-0.3, -0.25) is 4.90 Å². The van der Waals surface area contributed by atoms with Crippen LogP contribution in [0.5, 0.6) is 11.5 Å². The number of rotatable bonds is 4. The van der Waals surface area contributed by atoms with Crippen LogP contribution < -0.4 is 10.1 Å². The topological polar surface area (TPSA) is 44.7 Å². The van der Waals surface area contributed by atoms with Gasteiger partial charge in [-0.15, -0.1) is 24.8 Å². The average Bonchev–Trinajstić information content (AvgIpc) is 2.44. The number of benzene rings is 1. The van der Waals surface area contributed by atoms with Crippen LogP contribution in [0.2, 0.25) is 0 Å². The monoisotopic (exact) mass is 340 g/mol. The summed E-state index contributed by atoms with van der Waals surface area (Å²) in [5.74, 6) is -0.129. The van der Waals surface area contributed by atoms with E-state index in [4.69, 9.17) is 4.74 Å². The molecule has 1 heterocycles. The molecule has 4 nitrogen and oxygen atoms in total. The highest BCUT2D eigenvalue weighted by Gasteiger charge is 2.25. The maximum absolute atomic E-state index is 13.6. The van der Waals surface area contributed by atoms with Crippen LogP contribution in [0.1, 0.15) is 24.9 Å². The minimum atomic E-state index is -0.377. The van der Waals surface area contributed by atoms with Crippen molar-refractivity contribution in [1.82, 2.24) is 10.2 Å². The van der Waals surface area contributed by atoms with Gasteiger partial charge in [0.15, 0.2) is 11.5 Å². The number of aromatic hydroxyl groups is 1. The zero-order chi connectivity index (χ0) is 13.8. The van der Waals surface area contributed by atoms with Crippen molar-refractivity contribution in [2.45, 2.75) is 19.4 Å². The van der Waals surface area contributed by atoms with E-state index in [0.29, 0.717) is 5.56 Å². The van der Waals surface area contributed by atoms with E-state index in [2.05, 4.69) is 10.2 Å². The summed E-state index contributed by atoms with van der Waals surface area (Å²) in [6, 6.07) is 2.64. The van der Waals surface area contributed by atoms with Crippen molar-refractivity contribution in [2.24, 2.45) is 0 Å². The molecule has 1 aromatic carbocycles. The Morgan fingerprint density at radius 1 is 1.33 bits per heavy atom. The lowest BCUT2D eigenvalue weighted by molar-refractivity contribution is 0.166. The first-order chi connectivity index (χ1) is 9.17. The fraction of sp³-hybridized carbons (Fsp3) is 0.571. The maximum atomic E-state index is 13.6. The summed E-state index contributed by atoms with van der Waals surface area (Å²) in [6.07, 6.45) is 0.820. The molecule has 0 aliphatic carbocycles. The molecule has 1 aliphatic heterocycles. The molecule has 0 aromatic heterocycles. The summed E-state index contributed by atoms with van der Waals surface area (Å²) in [5.41, 5.74) is 0.612. The van der Waals surface area contributed by atoms with Crippen LogP contribution in [0.25, 0.3) is 0 Å². The maximum Gasteiger partial charge on any atom is 0.163 e. The van der Waals surface area contributed by atoms with E-state index in [0.717, 1.165) is 32.6 Å². The molecule has 1 fully saturated rings. The molecule has 0 spiro atoms. The van der Waals surface area contributed by atoms with E-state index in [1.165, 1.54) is 19.2 Å². The Labute approximate surface area is 137 Å². The third-order valence-electron chi connectivity index (χ3n) is 3.63. The molecule has 1 atom stereocenters. The lowest BCUT2D eigenvalue weighted by Crippen LogP contribution is -2.45. The highest BCUT2D eigenvalue weighted by molar-refractivity contribution is 5.85. The highest BCUT2D eigenvalue weighted by Crippen LogP contribution is 2.38. The Morgan fingerprint density at radius 2 is 1.95 bits per heavy atom. The fourth-order valence-corrected chi connectivity index (χ4v) is 2.67. The number of halogens is 3. The average molecular weight is 341 g/mol. The van der Waals surface area contributed by atoms with Crippen molar-refractivity contribution in [2.75, 3.05) is 33.3 Å². The van der Waals surface area contributed by atoms with Gasteiger partial charge in [-0.2, -0.15) is 0 Å². The summed E-state index contributed by atoms with van der Waals surface area (Å²) in [5, 5.41) is 13.5. The molecule has 2 N–H and O–H groups in total. The number of nitrogens with one attached hydrogen (secondary N) is 1. The quantitative estimate of drug-likeness (QED) is 0.884. The van der Waals surface area contributed by atoms with Gasteiger partial charge in [0.25, 0.3) is 0 Å². The Morgan fingerprint density at radius 3 is 2.48 bits per heavy atom. The largest absolute Gasteiger partial charge is 0.504 e. The number of ether oxygens (including phenoxy) is 1. The molecule has 21 heavy (non-hydrogen) atoms. The molecule has 0 radical (unpaired) electrons. The molecular formula is C14H23Cl2FN2O2. The number of nitrogens with zero attached hydrogens (tertiary/aromatic N) is 1. The minimum absolute atomic E-state index is 0. The van der Waals surface area contributed by atoms with E-state index < -0.39 is 0 Å². The minimum Gasteiger partial charge on any atom is -0.504 e. The first kappa shape index (κ1) is 20.2. The van der Waals surface area contributed by atoms with E-state index >= 15 is 0 Å². The van der Waals surface area contributed by atoms with Crippen molar-refractivity contribution in [3.05, 3.63) is 23.5 Å². The molecular weight excluding hydrogens is 318 g/mol. The molecule has 1 aliphatic rings. The second-order valence-corrected chi connectivity index (χ2v) is 4.76. The highest BCUT2D eigenvalue weighted by atomic mass is 35.5. The van der Waals surface area contributed by atoms with Gasteiger partial charge >= 0.3 is 0 Å². The summed E-state index contributed by atoms with van der Waals surface area (Å²) >= 11 is 0. The fourth-order valence-electron chi connectivity index (χ4n) is 2.67. The number of phenols is 1. The van der Waals surface area contributed by atoms with Crippen LogP contribution in [0.15, 0.2) is 12.1 Å². The first-order valence-electron chi connectivity index (χ1n) is 6.68. The third-order valence-corrected chi connectivity index (χ3v) is 3.63. The number of methoxy groups -OCH3 is 1. The van der Waals surface area contributed by atoms with Crippen LogP contribution in [0.4, 0.5) is 4.39 Å². The van der Waals surface area contributed by atoms with E-state index in [1.54, 1.807) is 0 Å². The van der Waals surface area contributed by atoms with Crippen LogP contribution in [0, 0.1) is 5.82 Å². The predicted molar refractivity (Wildman–Crippen MR) is 86.6 cm³/mol. The zero-order valence-electron chi connectivity index (χ0n) is 12.3. The van der Waals surface area contributed by atoms with Crippen LogP contribution in [0.3, 0.4) is 0 Å². The molecule has 122 valence electrons. The van der Waals surface area contributed by atoms with Crippen molar-refractivity contribution in [3.8, 4) is 11.5 Å². The van der Waals surface area contributed by atoms with Gasteiger partial charge in [-0.05, 0) is 12.5 Å². The predicted octanol–water partition coefficient (Wildman–Crippen LogP) is 2.74. The molecule has 1 saturated heterocycles. The van der Waals surface area contributed by atoms with Crippen LogP contribution in [-0.2, 0) is 0 Å². The van der Waals surface area contributed by atoms with Gasteiger partial charge in [-0.25, -0.2) is 4.39 Å². The Balaban J connectivity index is 0.00000200. The summed E-state index contributed by atoms with van der Waals surface area (Å²) in [7, 11) is 1.43. The van der Waals surface area contributed by atoms with Crippen molar-refractivity contribution in [3.63, 3.8) is 0 Å². The number of piperazine rings is 1. The van der Waals surface area contributed by atoms with Gasteiger partial charge in [0.05, 0.1) is 7.11 Å². The number of hydrogen-bond donors (Lipinski definition) is 2. The molecule has 0 saturated carbocycles. The van der Waals surface area contributed by atoms with Crippen LogP contribution in [-0.4, -0.2) is 43.3 Å². The third kappa shape index (κ3) is 4.61. The van der Waals surface area contributed by atoms with Gasteiger partial charge < -0.3 is 15.2 Å². The molecule has 0 unspecified atom stereocenters. The van der Waals surface area contributed by atoms with Gasteiger partial charge in [0.2, 0.25) is 0 Å². The second-order valence-electron chi connectivity index (χ2n) is 4.76. The van der Waals surface area contributed by atoms with Gasteiger partial charge in [0, 0.05) is 43.9 Å². The zero-order valence-corrected chi connectivity index (χ0v) is 13.9. The molecule has 7 heteroatoms. The first-order valence-corrected chi connectivity index (χ1v) is 6.68. The standard InChI is InChI=1S/C14H21FN2O2.2ClH/c1-3-12(17-6-4-16-5-7-17)11-8-10(15)9-13(19-2)14(11)18;;/h8-9,12,16,18H,3-7H2,1-2H3;2*1H/t12-;;/m1../s1. The summed E-state index contributed by atoms with van der Waals surface area (Å²) < 4.78 is 18.7. The molecule has 1 aromatic rings. The summed E-state index contributed by atoms with van der Waals surface area (Å²) in [4.78, 5) is 2.27. The normalized spacial score (nSPS) is 16.5. The van der Waals surface area contributed by atoms with Crippen molar-refractivity contribution >= 4 is 24.8 Å².